The van der Waals surface area contributed by atoms with E-state index >= 15 is 0 Å². The second-order valence-electron chi connectivity index (χ2n) is 17.4. The number of nitrogens with two attached hydrogens (primary N) is 1. The summed E-state index contributed by atoms with van der Waals surface area (Å²) in [5, 5.41) is 5.19. The van der Waals surface area contributed by atoms with E-state index in [2.05, 4.69) is 55.5 Å². The summed E-state index contributed by atoms with van der Waals surface area (Å²) in [5.41, 5.74) is 14.4. The maximum Gasteiger partial charge on any atom is 0.324 e. The predicted octanol–water partition coefficient (Wildman–Crippen LogP) is 8.04. The SMILES string of the molecule is C=C/C=C\C(=C(/N)[C@H](C)OC)c1c2c3cc(ccc3n1CC)-c1csc(n1)CC1(CCC1C(=O)C1CCCC1C(F)F)C(=O)N1CCC[C@H](N1)C(=O)OCC(C)(C)C2. The van der Waals surface area contributed by atoms with Gasteiger partial charge in [-0.2, -0.15) is 0 Å². The molecule has 0 radical (unpaired) electrons. The largest absolute Gasteiger partial charge is 0.464 e. The zero-order valence-electron chi connectivity index (χ0n) is 34.3. The molecule has 58 heavy (non-hydrogen) atoms. The molecule has 6 bridgehead atoms. The van der Waals surface area contributed by atoms with Crippen molar-refractivity contribution in [3.63, 3.8) is 0 Å². The number of aromatic nitrogens is 2. The van der Waals surface area contributed by atoms with E-state index < -0.39 is 47.0 Å². The molecule has 1 amide bonds. The van der Waals surface area contributed by atoms with Gasteiger partial charge in [0.1, 0.15) is 11.8 Å². The summed E-state index contributed by atoms with van der Waals surface area (Å²) in [5.74, 6) is -3.45. The number of hydrogen-bond acceptors (Lipinski definition) is 9. The van der Waals surface area contributed by atoms with Crippen molar-refractivity contribution in [2.24, 2.45) is 34.3 Å². The number of methoxy groups -OCH3 is 1. The summed E-state index contributed by atoms with van der Waals surface area (Å²) in [6.07, 6.45) is 6.54. The number of ketones is 1. The fourth-order valence-corrected chi connectivity index (χ4v) is 10.7. The number of rotatable bonds is 9. The Kier molecular flexibility index (Phi) is 12.2. The predicted molar refractivity (Wildman–Crippen MR) is 223 cm³/mol. The lowest BCUT2D eigenvalue weighted by Gasteiger charge is -2.51. The monoisotopic (exact) mass is 817 g/mol. The topological polar surface area (TPSA) is 129 Å². The number of carbonyl (C=O) groups is 3. The van der Waals surface area contributed by atoms with E-state index in [0.29, 0.717) is 75.2 Å². The Morgan fingerprint density at radius 1 is 1.19 bits per heavy atom. The number of hydrogen-bond donors (Lipinski definition) is 2. The van der Waals surface area contributed by atoms with Crippen LogP contribution in [0.25, 0.3) is 27.7 Å². The van der Waals surface area contributed by atoms with Gasteiger partial charge >= 0.3 is 5.97 Å². The first-order chi connectivity index (χ1) is 27.7. The number of allylic oxidation sites excluding steroid dienone is 4. The van der Waals surface area contributed by atoms with E-state index in [1.54, 1.807) is 13.2 Å². The Hall–Kier alpha value is -4.20. The van der Waals surface area contributed by atoms with Crippen LogP contribution in [-0.2, 0) is 43.2 Å². The second kappa shape index (κ2) is 16.8. The summed E-state index contributed by atoms with van der Waals surface area (Å²) in [6.45, 7) is 13.2. The van der Waals surface area contributed by atoms with Crippen LogP contribution in [0.4, 0.5) is 8.78 Å². The molecular formula is C45H57F2N5O5S. The highest BCUT2D eigenvalue weighted by atomic mass is 32.1. The molecule has 2 saturated carbocycles. The minimum absolute atomic E-state index is 0.115. The minimum atomic E-state index is -2.59. The number of nitrogens with zero attached hydrogens (tertiary/aromatic N) is 3. The van der Waals surface area contributed by atoms with Crippen molar-refractivity contribution in [3.8, 4) is 11.3 Å². The van der Waals surface area contributed by atoms with Gasteiger partial charge in [-0.15, -0.1) is 11.3 Å². The normalized spacial score (nSPS) is 27.4. The first kappa shape index (κ1) is 41.9. The zero-order chi connectivity index (χ0) is 41.5. The van der Waals surface area contributed by atoms with Crippen LogP contribution < -0.4 is 11.2 Å². The summed E-state index contributed by atoms with van der Waals surface area (Å²) in [7, 11) is 1.63. The molecule has 3 aromatic rings. The summed E-state index contributed by atoms with van der Waals surface area (Å²) >= 11 is 1.44. The first-order valence-corrected chi connectivity index (χ1v) is 21.6. The molecule has 2 aliphatic carbocycles. The van der Waals surface area contributed by atoms with Gasteiger partial charge in [-0.3, -0.25) is 19.4 Å². The molecule has 13 heteroatoms. The van der Waals surface area contributed by atoms with Crippen LogP contribution in [-0.4, -0.2) is 71.1 Å². The highest BCUT2D eigenvalue weighted by Crippen LogP contribution is 2.54. The number of thiazole rings is 1. The number of benzene rings is 1. The highest BCUT2D eigenvalue weighted by molar-refractivity contribution is 7.10. The van der Waals surface area contributed by atoms with E-state index in [4.69, 9.17) is 20.2 Å². The second-order valence-corrected chi connectivity index (χ2v) is 18.3. The summed E-state index contributed by atoms with van der Waals surface area (Å²) in [4.78, 5) is 48.0. The standard InChI is InChI=1S/C45H57F2N5O5S/c1-7-9-12-30(38(48)26(3)56-6)39-32-22-44(4,5)25-57-42(54)34-15-11-20-52(50-34)43(55)45(19-18-33(45)40(53)28-13-10-14-29(28)41(46)47)23-37-49-35(24-58-37)27-16-17-36(31(32)21-27)51(39)8-2/h7,9,12,16-17,21,24,26,28-29,33-34,41,50H,1,8,10-11,13-15,18-20,22-23,25,48H2,2-6H3/b12-9-,38-30+/t26-,28?,29?,33?,34-,45?/m0/s1. The molecule has 6 atom stereocenters. The molecule has 2 aromatic heterocycles. The lowest BCUT2D eigenvalue weighted by Crippen LogP contribution is -2.64. The number of carbonyl (C=O) groups excluding carboxylic acids is 3. The van der Waals surface area contributed by atoms with Gasteiger partial charge in [0.05, 0.1) is 34.5 Å². The van der Waals surface area contributed by atoms with Crippen molar-refractivity contribution >= 4 is 45.5 Å². The van der Waals surface area contributed by atoms with Gasteiger partial charge < -0.3 is 19.8 Å². The van der Waals surface area contributed by atoms with E-state index in [-0.39, 0.29) is 30.8 Å². The smallest absolute Gasteiger partial charge is 0.324 e. The Morgan fingerprint density at radius 3 is 2.67 bits per heavy atom. The van der Waals surface area contributed by atoms with Gasteiger partial charge in [-0.25, -0.2) is 19.2 Å². The molecule has 3 fully saturated rings. The van der Waals surface area contributed by atoms with Gasteiger partial charge in [-0.1, -0.05) is 51.1 Å². The third-order valence-corrected chi connectivity index (χ3v) is 14.0. The van der Waals surface area contributed by atoms with Crippen molar-refractivity contribution in [2.75, 3.05) is 20.3 Å². The van der Waals surface area contributed by atoms with Crippen LogP contribution in [0.3, 0.4) is 0 Å². The highest BCUT2D eigenvalue weighted by Gasteiger charge is 2.60. The first-order valence-electron chi connectivity index (χ1n) is 20.7. The van der Waals surface area contributed by atoms with Crippen molar-refractivity contribution < 1.29 is 32.6 Å². The Bertz CT molecular complexity index is 2140. The van der Waals surface area contributed by atoms with Crippen LogP contribution in [0.2, 0.25) is 0 Å². The number of esters is 1. The molecule has 2 aliphatic heterocycles. The third kappa shape index (κ3) is 7.70. The molecule has 4 aliphatic rings. The molecule has 10 nitrogen and oxygen atoms in total. The number of alkyl halides is 2. The van der Waals surface area contributed by atoms with E-state index in [1.165, 1.54) is 16.3 Å². The van der Waals surface area contributed by atoms with Crippen molar-refractivity contribution in [2.45, 2.75) is 111 Å². The Morgan fingerprint density at radius 2 is 1.98 bits per heavy atom. The number of fused-ring (bicyclic) bond motifs is 6. The van der Waals surface area contributed by atoms with Crippen LogP contribution >= 0.6 is 11.3 Å². The van der Waals surface area contributed by atoms with Crippen molar-refractivity contribution in [1.82, 2.24) is 20.0 Å². The number of cyclic esters (lactones) is 1. The van der Waals surface area contributed by atoms with Crippen LogP contribution in [0.15, 0.2) is 54.1 Å². The average molecular weight is 818 g/mol. The van der Waals surface area contributed by atoms with Crippen molar-refractivity contribution in [1.29, 1.82) is 0 Å². The molecule has 1 saturated heterocycles. The van der Waals surface area contributed by atoms with Gasteiger partial charge in [0, 0.05) is 82.9 Å². The van der Waals surface area contributed by atoms with Gasteiger partial charge in [0.15, 0.2) is 0 Å². The number of amides is 1. The van der Waals surface area contributed by atoms with Crippen LogP contribution in [0.5, 0.6) is 0 Å². The number of aryl methyl sites for hydroxylation is 1. The van der Waals surface area contributed by atoms with Gasteiger partial charge in [0.25, 0.3) is 0 Å². The quantitative estimate of drug-likeness (QED) is 0.164. The van der Waals surface area contributed by atoms with E-state index in [0.717, 1.165) is 39.0 Å². The lowest BCUT2D eigenvalue weighted by atomic mass is 9.54. The van der Waals surface area contributed by atoms with Crippen LogP contribution in [0, 0.1) is 28.6 Å². The van der Waals surface area contributed by atoms with E-state index in [1.807, 2.05) is 24.5 Å². The maximum absolute atomic E-state index is 14.8. The van der Waals surface area contributed by atoms with Crippen molar-refractivity contribution in [3.05, 3.63) is 70.3 Å². The summed E-state index contributed by atoms with van der Waals surface area (Å²) < 4.78 is 42.3. The van der Waals surface area contributed by atoms with E-state index in [9.17, 15) is 23.2 Å². The van der Waals surface area contributed by atoms with Gasteiger partial charge in [-0.05, 0) is 76.5 Å². The average Bonchev–Trinajstić information content (AvgIpc) is 3.96. The van der Waals surface area contributed by atoms with Crippen LogP contribution in [0.1, 0.15) is 88.9 Å². The lowest BCUT2D eigenvalue weighted by molar-refractivity contribution is -0.169. The molecular weight excluding hydrogens is 761 g/mol. The Labute approximate surface area is 343 Å². The maximum atomic E-state index is 14.8. The molecule has 1 aromatic carbocycles. The van der Waals surface area contributed by atoms with Gasteiger partial charge in [0.2, 0.25) is 12.3 Å². The number of hydrazine groups is 1. The zero-order valence-corrected chi connectivity index (χ0v) is 35.1. The minimum Gasteiger partial charge on any atom is -0.464 e. The molecule has 312 valence electrons. The fraction of sp³-hybridized carbons (Fsp3) is 0.556. The number of Topliss-reactive ketones (excluding diaryl/α,β-unsaturated/α-hetero) is 1. The molecule has 4 heterocycles. The number of nitrogens with one attached hydrogen (secondary N) is 1. The summed E-state index contributed by atoms with van der Waals surface area (Å²) in [6, 6.07) is 5.53. The molecule has 3 N–H and O–H groups in total. The third-order valence-electron chi connectivity index (χ3n) is 13.1. The fourth-order valence-electron chi connectivity index (χ4n) is 9.78. The number of ether oxygens (including phenoxy) is 2. The molecule has 4 unspecified atom stereocenters. The Balaban J connectivity index is 1.38. The molecule has 1 spiro atoms. The number of halogens is 2. The molecule has 7 rings (SSSR count).